The number of thiazole rings is 1. The zero-order valence-corrected chi connectivity index (χ0v) is 26.8. The van der Waals surface area contributed by atoms with Crippen molar-refractivity contribution in [2.45, 2.75) is 30.6 Å². The first-order valence-corrected chi connectivity index (χ1v) is 17.2. The third-order valence-electron chi connectivity index (χ3n) is 9.30. The van der Waals surface area contributed by atoms with Crippen LogP contribution in [0.1, 0.15) is 30.7 Å². The van der Waals surface area contributed by atoms with Crippen LogP contribution < -0.4 is 9.47 Å². The van der Waals surface area contributed by atoms with Gasteiger partial charge < -0.3 is 4.90 Å². The second-order valence-electron chi connectivity index (χ2n) is 12.1. The maximum Gasteiger partial charge on any atom is 0.262 e. The maximum absolute atomic E-state index is 2.48. The Morgan fingerprint density at radius 3 is 2.23 bits per heavy atom. The van der Waals surface area contributed by atoms with Gasteiger partial charge in [0.15, 0.2) is 0 Å². The second-order valence-corrected chi connectivity index (χ2v) is 14.2. The van der Waals surface area contributed by atoms with Gasteiger partial charge in [-0.3, -0.25) is 0 Å². The van der Waals surface area contributed by atoms with Crippen molar-refractivity contribution in [1.82, 2.24) is 0 Å². The minimum absolute atomic E-state index is 0.679. The van der Waals surface area contributed by atoms with Crippen LogP contribution in [0, 0.1) is 5.92 Å². The summed E-state index contributed by atoms with van der Waals surface area (Å²) in [6, 6.07) is 35.1. The standard InChI is InChI=1S/C40H35N2S2/c1-41-35-25-32(29-9-5-3-6-10-29)17-19-37(35)43-39(41)23-27-13-15-31-16-14-28(22-34(31)21-27)24-40-42(2)36-26-33(18-20-38(36)44-40)30-11-7-4-8-12-30/h3-12,17-26,31H,13-16H2,1-2H3/q+1. The molecular formula is C40H35N2S2+. The monoisotopic (exact) mass is 607 g/mol. The first-order valence-electron chi connectivity index (χ1n) is 15.5. The Kier molecular flexibility index (Phi) is 7.12. The number of aromatic nitrogens is 1. The third kappa shape index (κ3) is 5.16. The van der Waals surface area contributed by atoms with Crippen LogP contribution in [0.4, 0.5) is 5.69 Å². The number of nitrogens with zero attached hydrogens (tertiary/aromatic N) is 2. The number of benzene rings is 4. The number of thioether (sulfide) groups is 1. The number of hydrogen-bond donors (Lipinski definition) is 0. The molecule has 0 radical (unpaired) electrons. The van der Waals surface area contributed by atoms with E-state index >= 15 is 0 Å². The molecule has 4 aromatic carbocycles. The van der Waals surface area contributed by atoms with Crippen molar-refractivity contribution in [3.8, 4) is 22.3 Å². The molecule has 0 spiro atoms. The van der Waals surface area contributed by atoms with Gasteiger partial charge in [0.2, 0.25) is 5.52 Å². The highest BCUT2D eigenvalue weighted by molar-refractivity contribution is 8.03. The summed E-state index contributed by atoms with van der Waals surface area (Å²) in [6.07, 6.45) is 14.6. The molecule has 3 aliphatic rings. The summed E-state index contributed by atoms with van der Waals surface area (Å²) in [6.45, 7) is 0. The molecule has 2 nitrogen and oxygen atoms in total. The van der Waals surface area contributed by atoms with E-state index in [-0.39, 0.29) is 0 Å². The average molecular weight is 608 g/mol. The summed E-state index contributed by atoms with van der Waals surface area (Å²) in [7, 11) is 4.42. The summed E-state index contributed by atoms with van der Waals surface area (Å²) in [5.74, 6) is 0.679. The van der Waals surface area contributed by atoms with Crippen molar-refractivity contribution in [1.29, 1.82) is 0 Å². The van der Waals surface area contributed by atoms with E-state index in [4.69, 9.17) is 0 Å². The molecule has 4 heteroatoms. The summed E-state index contributed by atoms with van der Waals surface area (Å²) < 4.78 is 3.70. The second kappa shape index (κ2) is 11.4. The summed E-state index contributed by atoms with van der Waals surface area (Å²) >= 11 is 3.78. The van der Waals surface area contributed by atoms with E-state index in [1.165, 1.54) is 82.7 Å². The van der Waals surface area contributed by atoms with Crippen LogP contribution in [0.25, 0.3) is 38.5 Å². The Labute approximate surface area is 268 Å². The Hall–Kier alpha value is -4.12. The molecule has 8 rings (SSSR count). The summed E-state index contributed by atoms with van der Waals surface area (Å²) in [4.78, 5) is 3.70. The average Bonchev–Trinajstić information content (AvgIpc) is 3.55. The van der Waals surface area contributed by atoms with E-state index in [1.807, 2.05) is 23.1 Å². The van der Waals surface area contributed by atoms with Gasteiger partial charge in [0, 0.05) is 24.1 Å². The summed E-state index contributed by atoms with van der Waals surface area (Å²) in [5, 5.41) is 2.63. The van der Waals surface area contributed by atoms with Gasteiger partial charge in [-0.25, -0.2) is 0 Å². The Balaban J connectivity index is 1.06. The summed E-state index contributed by atoms with van der Waals surface area (Å²) in [5.41, 5.74) is 12.1. The van der Waals surface area contributed by atoms with Crippen molar-refractivity contribution in [2.75, 3.05) is 11.9 Å². The van der Waals surface area contributed by atoms with Crippen LogP contribution in [0.15, 0.2) is 142 Å². The zero-order chi connectivity index (χ0) is 29.6. The highest BCUT2D eigenvalue weighted by Gasteiger charge is 2.26. The molecule has 216 valence electrons. The molecule has 1 aromatic heterocycles. The Bertz CT molecular complexity index is 2010. The van der Waals surface area contributed by atoms with Gasteiger partial charge in [-0.2, -0.15) is 4.57 Å². The maximum atomic E-state index is 2.48. The van der Waals surface area contributed by atoms with E-state index in [9.17, 15) is 0 Å². The SMILES string of the molecule is CN1/C(=C/C2=CC3=C/C(=C/c4sc5ccc(-c6ccccc6)cc5[n+]4C)CCC3CC2)Sc2ccc(-c3ccccc3)cc21. The third-order valence-corrected chi connectivity index (χ3v) is 11.6. The Morgan fingerprint density at radius 2 is 1.45 bits per heavy atom. The van der Waals surface area contributed by atoms with Gasteiger partial charge in [-0.15, -0.1) is 0 Å². The van der Waals surface area contributed by atoms with Gasteiger partial charge in [-0.1, -0.05) is 108 Å². The molecule has 0 fully saturated rings. The highest BCUT2D eigenvalue weighted by Crippen LogP contribution is 2.48. The number of rotatable bonds is 4. The number of hydrogen-bond acceptors (Lipinski definition) is 3. The largest absolute Gasteiger partial charge is 0.338 e. The topological polar surface area (TPSA) is 7.12 Å². The van der Waals surface area contributed by atoms with Gasteiger partial charge in [0.25, 0.3) is 5.01 Å². The van der Waals surface area contributed by atoms with Crippen LogP contribution in [0.2, 0.25) is 0 Å². The lowest BCUT2D eigenvalue weighted by atomic mass is 9.77. The molecule has 2 heterocycles. The van der Waals surface area contributed by atoms with Gasteiger partial charge in [0.05, 0.1) is 10.7 Å². The molecule has 0 amide bonds. The number of fused-ring (bicyclic) bond motifs is 3. The van der Waals surface area contributed by atoms with Gasteiger partial charge in [0.1, 0.15) is 11.7 Å². The molecule has 5 aromatic rings. The minimum Gasteiger partial charge on any atom is -0.338 e. The van der Waals surface area contributed by atoms with E-state index in [2.05, 4.69) is 145 Å². The fourth-order valence-corrected chi connectivity index (χ4v) is 8.97. The van der Waals surface area contributed by atoms with E-state index in [0.717, 1.165) is 12.8 Å². The lowest BCUT2D eigenvalue weighted by Gasteiger charge is -2.28. The number of anilines is 1. The van der Waals surface area contributed by atoms with E-state index < -0.39 is 0 Å². The first kappa shape index (κ1) is 27.4. The van der Waals surface area contributed by atoms with Crippen molar-refractivity contribution in [3.63, 3.8) is 0 Å². The fourth-order valence-electron chi connectivity index (χ4n) is 6.76. The van der Waals surface area contributed by atoms with Crippen molar-refractivity contribution in [2.24, 2.45) is 13.0 Å². The van der Waals surface area contributed by atoms with Gasteiger partial charge >= 0.3 is 0 Å². The van der Waals surface area contributed by atoms with Crippen LogP contribution in [-0.2, 0) is 7.05 Å². The molecule has 0 saturated carbocycles. The first-order chi connectivity index (χ1) is 21.6. The lowest BCUT2D eigenvalue weighted by molar-refractivity contribution is -0.642. The van der Waals surface area contributed by atoms with Crippen molar-refractivity contribution < 1.29 is 4.57 Å². The molecule has 44 heavy (non-hydrogen) atoms. The van der Waals surface area contributed by atoms with E-state index in [0.29, 0.717) is 5.92 Å². The highest BCUT2D eigenvalue weighted by atomic mass is 32.2. The Morgan fingerprint density at radius 1 is 0.750 bits per heavy atom. The zero-order valence-electron chi connectivity index (χ0n) is 25.2. The molecule has 1 unspecified atom stereocenters. The predicted molar refractivity (Wildman–Crippen MR) is 189 cm³/mol. The number of aryl methyl sites for hydroxylation is 1. The van der Waals surface area contributed by atoms with Crippen molar-refractivity contribution in [3.05, 3.63) is 142 Å². The molecule has 1 aliphatic heterocycles. The van der Waals surface area contributed by atoms with Crippen LogP contribution in [0.5, 0.6) is 0 Å². The van der Waals surface area contributed by atoms with Crippen LogP contribution >= 0.6 is 23.1 Å². The molecule has 0 N–H and O–H groups in total. The molecule has 1 atom stereocenters. The minimum atomic E-state index is 0.679. The quantitative estimate of drug-likeness (QED) is 0.188. The predicted octanol–water partition coefficient (Wildman–Crippen LogP) is 10.6. The van der Waals surface area contributed by atoms with E-state index in [1.54, 1.807) is 0 Å². The molecule has 0 bridgehead atoms. The van der Waals surface area contributed by atoms with Crippen LogP contribution in [0.3, 0.4) is 0 Å². The molecule has 2 aliphatic carbocycles. The fraction of sp³-hybridized carbons (Fsp3) is 0.175. The van der Waals surface area contributed by atoms with Crippen LogP contribution in [-0.4, -0.2) is 7.05 Å². The lowest BCUT2D eigenvalue weighted by Crippen LogP contribution is -2.29. The smallest absolute Gasteiger partial charge is 0.262 e. The van der Waals surface area contributed by atoms with Crippen molar-refractivity contribution >= 4 is 45.1 Å². The normalized spacial score (nSPS) is 19.7. The van der Waals surface area contributed by atoms with Gasteiger partial charge in [-0.05, 0) is 94.8 Å². The number of allylic oxidation sites excluding steroid dienone is 6. The molecular weight excluding hydrogens is 573 g/mol. The molecule has 0 saturated heterocycles.